The number of ether oxygens (including phenoxy) is 2. The summed E-state index contributed by atoms with van der Waals surface area (Å²) in [6.45, 7) is 1.82. The Kier molecular flexibility index (Phi) is 3.01. The average molecular weight is 217 g/mol. The second-order valence-corrected chi connectivity index (χ2v) is 3.63. The van der Waals surface area contributed by atoms with Crippen LogP contribution in [0.2, 0.25) is 5.02 Å². The Morgan fingerprint density at radius 2 is 2.36 bits per heavy atom. The monoisotopic (exact) mass is 216 g/mol. The van der Waals surface area contributed by atoms with Crippen LogP contribution in [0.4, 0.5) is 4.39 Å². The second-order valence-electron chi connectivity index (χ2n) is 3.22. The van der Waals surface area contributed by atoms with Crippen LogP contribution in [-0.2, 0) is 16.1 Å². The number of rotatable bonds is 4. The van der Waals surface area contributed by atoms with Crippen molar-refractivity contribution in [1.29, 1.82) is 0 Å². The molecule has 0 spiro atoms. The first-order valence-corrected chi connectivity index (χ1v) is 4.77. The highest BCUT2D eigenvalue weighted by atomic mass is 35.5. The summed E-state index contributed by atoms with van der Waals surface area (Å²) >= 11 is 5.61. The Bertz CT molecular complexity index is 326. The number of halogens is 2. The molecule has 2 rings (SSSR count). The molecule has 1 aliphatic heterocycles. The van der Waals surface area contributed by atoms with Crippen LogP contribution in [0.1, 0.15) is 5.56 Å². The van der Waals surface area contributed by atoms with Crippen molar-refractivity contribution in [1.82, 2.24) is 0 Å². The highest BCUT2D eigenvalue weighted by Gasteiger charge is 2.22. The molecule has 0 amide bonds. The molecule has 1 atom stereocenters. The Morgan fingerprint density at radius 1 is 1.57 bits per heavy atom. The van der Waals surface area contributed by atoms with Gasteiger partial charge in [-0.2, -0.15) is 0 Å². The van der Waals surface area contributed by atoms with Crippen molar-refractivity contribution >= 4 is 11.6 Å². The smallest absolute Gasteiger partial charge is 0.141 e. The SMILES string of the molecule is Fc1ccc(COC[C@H]2CO2)cc1Cl. The summed E-state index contributed by atoms with van der Waals surface area (Å²) in [5, 5.41) is 0.133. The summed E-state index contributed by atoms with van der Waals surface area (Å²) < 4.78 is 23.1. The lowest BCUT2D eigenvalue weighted by molar-refractivity contribution is 0.104. The van der Waals surface area contributed by atoms with Gasteiger partial charge < -0.3 is 9.47 Å². The van der Waals surface area contributed by atoms with E-state index in [1.54, 1.807) is 12.1 Å². The number of hydrogen-bond donors (Lipinski definition) is 0. The summed E-state index contributed by atoms with van der Waals surface area (Å²) in [6.07, 6.45) is 0.255. The maximum Gasteiger partial charge on any atom is 0.141 e. The molecule has 0 bridgehead atoms. The fourth-order valence-corrected chi connectivity index (χ4v) is 1.31. The van der Waals surface area contributed by atoms with Crippen molar-refractivity contribution in [2.75, 3.05) is 13.2 Å². The zero-order valence-electron chi connectivity index (χ0n) is 7.50. The van der Waals surface area contributed by atoms with Crippen molar-refractivity contribution < 1.29 is 13.9 Å². The first-order valence-electron chi connectivity index (χ1n) is 4.39. The molecule has 0 N–H and O–H groups in total. The lowest BCUT2D eigenvalue weighted by Crippen LogP contribution is -2.01. The summed E-state index contributed by atoms with van der Waals surface area (Å²) in [4.78, 5) is 0. The van der Waals surface area contributed by atoms with Gasteiger partial charge in [0, 0.05) is 0 Å². The quantitative estimate of drug-likeness (QED) is 0.721. The molecule has 2 nitrogen and oxygen atoms in total. The van der Waals surface area contributed by atoms with Crippen molar-refractivity contribution in [3.63, 3.8) is 0 Å². The van der Waals surface area contributed by atoms with Crippen molar-refractivity contribution in [3.8, 4) is 0 Å². The van der Waals surface area contributed by atoms with E-state index >= 15 is 0 Å². The fraction of sp³-hybridized carbons (Fsp3) is 0.400. The van der Waals surface area contributed by atoms with E-state index < -0.39 is 5.82 Å². The zero-order valence-corrected chi connectivity index (χ0v) is 8.26. The van der Waals surface area contributed by atoms with Crippen molar-refractivity contribution in [2.45, 2.75) is 12.7 Å². The van der Waals surface area contributed by atoms with E-state index in [0.29, 0.717) is 13.2 Å². The topological polar surface area (TPSA) is 21.8 Å². The second kappa shape index (κ2) is 4.26. The average Bonchev–Trinajstić information content (AvgIpc) is 2.95. The molecule has 0 unspecified atom stereocenters. The van der Waals surface area contributed by atoms with Crippen LogP contribution in [-0.4, -0.2) is 19.3 Å². The highest BCUT2D eigenvalue weighted by molar-refractivity contribution is 6.30. The summed E-state index contributed by atoms with van der Waals surface area (Å²) in [5.74, 6) is -0.402. The van der Waals surface area contributed by atoms with Crippen molar-refractivity contribution in [2.24, 2.45) is 0 Å². The third kappa shape index (κ3) is 2.67. The highest BCUT2D eigenvalue weighted by Crippen LogP contribution is 2.17. The van der Waals surface area contributed by atoms with E-state index in [1.165, 1.54) is 6.07 Å². The summed E-state index contributed by atoms with van der Waals surface area (Å²) in [5.41, 5.74) is 0.872. The van der Waals surface area contributed by atoms with Gasteiger partial charge in [0.05, 0.1) is 24.8 Å². The van der Waals surface area contributed by atoms with Gasteiger partial charge in [0.25, 0.3) is 0 Å². The van der Waals surface area contributed by atoms with E-state index in [1.807, 2.05) is 0 Å². The molecule has 1 heterocycles. The molecule has 4 heteroatoms. The molecule has 14 heavy (non-hydrogen) atoms. The maximum atomic E-state index is 12.8. The van der Waals surface area contributed by atoms with Gasteiger partial charge in [-0.3, -0.25) is 0 Å². The van der Waals surface area contributed by atoms with Crippen molar-refractivity contribution in [3.05, 3.63) is 34.6 Å². The maximum absolute atomic E-state index is 12.8. The van der Waals surface area contributed by atoms with Crippen LogP contribution in [0, 0.1) is 5.82 Å². The van der Waals surface area contributed by atoms with Gasteiger partial charge in [-0.05, 0) is 17.7 Å². The largest absolute Gasteiger partial charge is 0.374 e. The first-order chi connectivity index (χ1) is 6.75. The van der Waals surface area contributed by atoms with Crippen LogP contribution in [0.15, 0.2) is 18.2 Å². The molecule has 0 saturated carbocycles. The Labute approximate surface area is 86.6 Å². The van der Waals surface area contributed by atoms with E-state index in [4.69, 9.17) is 21.1 Å². The molecule has 1 fully saturated rings. The van der Waals surface area contributed by atoms with Crippen LogP contribution < -0.4 is 0 Å². The normalized spacial score (nSPS) is 19.7. The Balaban J connectivity index is 1.85. The van der Waals surface area contributed by atoms with Crippen LogP contribution >= 0.6 is 11.6 Å². The molecular weight excluding hydrogens is 207 g/mol. The van der Waals surface area contributed by atoms with Gasteiger partial charge in [0.15, 0.2) is 0 Å². The van der Waals surface area contributed by atoms with E-state index in [0.717, 1.165) is 12.2 Å². The van der Waals surface area contributed by atoms with Gasteiger partial charge in [0.2, 0.25) is 0 Å². The molecule has 1 aromatic carbocycles. The third-order valence-electron chi connectivity index (χ3n) is 1.96. The standard InChI is InChI=1S/C10H10ClFO2/c11-9-3-7(1-2-10(9)12)4-13-5-8-6-14-8/h1-3,8H,4-6H2/t8-/m0/s1. The van der Waals surface area contributed by atoms with E-state index in [9.17, 15) is 4.39 Å². The first kappa shape index (κ1) is 9.90. The number of hydrogen-bond acceptors (Lipinski definition) is 2. The van der Waals surface area contributed by atoms with E-state index in [-0.39, 0.29) is 11.1 Å². The number of benzene rings is 1. The Morgan fingerprint density at radius 3 is 3.00 bits per heavy atom. The van der Waals surface area contributed by atoms with Crippen LogP contribution in [0.3, 0.4) is 0 Å². The van der Waals surface area contributed by atoms with Gasteiger partial charge in [0.1, 0.15) is 11.9 Å². The molecule has 1 aliphatic rings. The van der Waals surface area contributed by atoms with Gasteiger partial charge in [-0.1, -0.05) is 17.7 Å². The summed E-state index contributed by atoms with van der Waals surface area (Å²) in [6, 6.07) is 4.58. The van der Waals surface area contributed by atoms with Crippen LogP contribution in [0.25, 0.3) is 0 Å². The lowest BCUT2D eigenvalue weighted by atomic mass is 10.2. The lowest BCUT2D eigenvalue weighted by Gasteiger charge is -2.03. The van der Waals surface area contributed by atoms with Crippen LogP contribution in [0.5, 0.6) is 0 Å². The minimum absolute atomic E-state index is 0.133. The third-order valence-corrected chi connectivity index (χ3v) is 2.25. The molecule has 76 valence electrons. The molecular formula is C10H10ClFO2. The van der Waals surface area contributed by atoms with Gasteiger partial charge in [-0.25, -0.2) is 4.39 Å². The van der Waals surface area contributed by atoms with E-state index in [2.05, 4.69) is 0 Å². The molecule has 0 aliphatic carbocycles. The minimum Gasteiger partial charge on any atom is -0.374 e. The molecule has 1 aromatic rings. The predicted molar refractivity (Wildman–Crippen MR) is 50.8 cm³/mol. The zero-order chi connectivity index (χ0) is 9.97. The van der Waals surface area contributed by atoms with Gasteiger partial charge in [-0.15, -0.1) is 0 Å². The molecule has 1 saturated heterocycles. The Hall–Kier alpha value is -0.640. The molecule has 0 radical (unpaired) electrons. The summed E-state index contributed by atoms with van der Waals surface area (Å²) in [7, 11) is 0. The fourth-order valence-electron chi connectivity index (χ4n) is 1.10. The molecule has 0 aromatic heterocycles. The number of epoxide rings is 1. The minimum atomic E-state index is -0.402. The van der Waals surface area contributed by atoms with Gasteiger partial charge >= 0.3 is 0 Å². The predicted octanol–water partition coefficient (Wildman–Crippen LogP) is 2.39.